The lowest BCUT2D eigenvalue weighted by Crippen LogP contribution is -1.95. The minimum absolute atomic E-state index is 0.729. The topological polar surface area (TPSA) is 56.7 Å². The second-order valence-electron chi connectivity index (χ2n) is 3.62. The van der Waals surface area contributed by atoms with E-state index in [0.717, 1.165) is 29.3 Å². The molecule has 4 heteroatoms. The fourth-order valence-corrected chi connectivity index (χ4v) is 1.49. The van der Waals surface area contributed by atoms with Crippen molar-refractivity contribution >= 4 is 5.69 Å². The Hall–Kier alpha value is -1.84. The molecule has 0 amide bonds. The van der Waals surface area contributed by atoms with Crippen LogP contribution < -0.4 is 5.73 Å². The van der Waals surface area contributed by atoms with Gasteiger partial charge in [0, 0.05) is 19.2 Å². The number of aromatic nitrogens is 3. The third kappa shape index (κ3) is 2.15. The van der Waals surface area contributed by atoms with Gasteiger partial charge in [0.2, 0.25) is 0 Å². The predicted octanol–water partition coefficient (Wildman–Crippen LogP) is 1.30. The number of aryl methyl sites for hydroxylation is 2. The van der Waals surface area contributed by atoms with Crippen LogP contribution in [0.5, 0.6) is 0 Å². The maximum Gasteiger partial charge on any atom is 0.155 e. The fraction of sp³-hybridized carbons (Fsp3) is 0.273. The summed E-state index contributed by atoms with van der Waals surface area (Å²) in [6.07, 6.45) is 0.729. The zero-order chi connectivity index (χ0) is 10.8. The zero-order valence-corrected chi connectivity index (χ0v) is 8.94. The molecule has 0 unspecified atom stereocenters. The molecule has 0 aliphatic rings. The Kier molecular flexibility index (Phi) is 2.41. The van der Waals surface area contributed by atoms with Crippen molar-refractivity contribution in [3.63, 3.8) is 0 Å². The molecule has 0 atom stereocenters. The van der Waals surface area contributed by atoms with Crippen molar-refractivity contribution in [1.82, 2.24) is 14.8 Å². The van der Waals surface area contributed by atoms with E-state index in [1.54, 1.807) is 4.68 Å². The summed E-state index contributed by atoms with van der Waals surface area (Å²) < 4.78 is 1.78. The summed E-state index contributed by atoms with van der Waals surface area (Å²) in [6.45, 7) is 1.94. The van der Waals surface area contributed by atoms with Gasteiger partial charge in [-0.1, -0.05) is 12.1 Å². The molecule has 0 fully saturated rings. The fourth-order valence-electron chi connectivity index (χ4n) is 1.49. The molecule has 78 valence electrons. The molecule has 1 heterocycles. The maximum absolute atomic E-state index is 5.70. The lowest BCUT2D eigenvalue weighted by Gasteiger charge is -1.98. The molecule has 2 N–H and O–H groups in total. The van der Waals surface area contributed by atoms with E-state index in [-0.39, 0.29) is 0 Å². The number of benzene rings is 1. The summed E-state index contributed by atoms with van der Waals surface area (Å²) in [5.74, 6) is 1.76. The summed E-state index contributed by atoms with van der Waals surface area (Å²) in [4.78, 5) is 4.35. The van der Waals surface area contributed by atoms with Gasteiger partial charge in [0.25, 0.3) is 0 Å². The van der Waals surface area contributed by atoms with Gasteiger partial charge in [-0.25, -0.2) is 4.98 Å². The standard InChI is InChI=1S/C11H14N4/c1-8-13-11(14-15(8)2)7-9-4-3-5-10(12)6-9/h3-6H,7,12H2,1-2H3. The van der Waals surface area contributed by atoms with Gasteiger partial charge in [0.15, 0.2) is 5.82 Å². The summed E-state index contributed by atoms with van der Waals surface area (Å²) >= 11 is 0. The Balaban J connectivity index is 2.22. The third-order valence-electron chi connectivity index (χ3n) is 2.34. The van der Waals surface area contributed by atoms with Gasteiger partial charge in [0.05, 0.1) is 0 Å². The molecule has 2 aromatic rings. The van der Waals surface area contributed by atoms with E-state index < -0.39 is 0 Å². The van der Waals surface area contributed by atoms with Crippen molar-refractivity contribution in [2.24, 2.45) is 7.05 Å². The first-order valence-corrected chi connectivity index (χ1v) is 4.86. The molecule has 0 aliphatic carbocycles. The SMILES string of the molecule is Cc1nc(Cc2cccc(N)c2)nn1C. The zero-order valence-electron chi connectivity index (χ0n) is 8.94. The second-order valence-corrected chi connectivity index (χ2v) is 3.62. The smallest absolute Gasteiger partial charge is 0.155 e. The molecule has 0 spiro atoms. The van der Waals surface area contributed by atoms with E-state index in [9.17, 15) is 0 Å². The highest BCUT2D eigenvalue weighted by Crippen LogP contribution is 2.10. The number of hydrogen-bond donors (Lipinski definition) is 1. The molecule has 0 radical (unpaired) electrons. The van der Waals surface area contributed by atoms with Crippen LogP contribution in [-0.2, 0) is 13.5 Å². The van der Waals surface area contributed by atoms with E-state index in [1.165, 1.54) is 0 Å². The number of nitrogen functional groups attached to an aromatic ring is 1. The third-order valence-corrected chi connectivity index (χ3v) is 2.34. The van der Waals surface area contributed by atoms with Crippen LogP contribution >= 0.6 is 0 Å². The summed E-state index contributed by atoms with van der Waals surface area (Å²) in [5, 5.41) is 4.30. The first-order valence-electron chi connectivity index (χ1n) is 4.86. The monoisotopic (exact) mass is 202 g/mol. The minimum Gasteiger partial charge on any atom is -0.399 e. The number of anilines is 1. The van der Waals surface area contributed by atoms with Crippen molar-refractivity contribution in [2.45, 2.75) is 13.3 Å². The van der Waals surface area contributed by atoms with Crippen LogP contribution in [0.1, 0.15) is 17.2 Å². The van der Waals surface area contributed by atoms with Crippen molar-refractivity contribution in [3.05, 3.63) is 41.5 Å². The largest absolute Gasteiger partial charge is 0.399 e. The summed E-state index contributed by atoms with van der Waals surface area (Å²) in [6, 6.07) is 7.80. The van der Waals surface area contributed by atoms with Crippen LogP contribution in [0.15, 0.2) is 24.3 Å². The predicted molar refractivity (Wildman–Crippen MR) is 59.4 cm³/mol. The quantitative estimate of drug-likeness (QED) is 0.747. The number of nitrogens with two attached hydrogens (primary N) is 1. The first kappa shape index (κ1) is 9.71. The number of hydrogen-bond acceptors (Lipinski definition) is 3. The highest BCUT2D eigenvalue weighted by Gasteiger charge is 2.04. The molecular weight excluding hydrogens is 188 g/mol. The van der Waals surface area contributed by atoms with Gasteiger partial charge in [-0.05, 0) is 24.6 Å². The van der Waals surface area contributed by atoms with E-state index in [4.69, 9.17) is 5.73 Å². The van der Waals surface area contributed by atoms with Gasteiger partial charge in [0.1, 0.15) is 5.82 Å². The Labute approximate surface area is 88.8 Å². The summed E-state index contributed by atoms with van der Waals surface area (Å²) in [7, 11) is 1.89. The Bertz CT molecular complexity index is 454. The molecule has 0 bridgehead atoms. The maximum atomic E-state index is 5.70. The van der Waals surface area contributed by atoms with E-state index in [2.05, 4.69) is 10.1 Å². The van der Waals surface area contributed by atoms with Crippen LogP contribution in [0.3, 0.4) is 0 Å². The lowest BCUT2D eigenvalue weighted by atomic mass is 10.1. The van der Waals surface area contributed by atoms with E-state index >= 15 is 0 Å². The molecule has 0 saturated carbocycles. The second kappa shape index (κ2) is 3.73. The molecule has 0 saturated heterocycles. The van der Waals surface area contributed by atoms with Crippen molar-refractivity contribution in [3.8, 4) is 0 Å². The van der Waals surface area contributed by atoms with Crippen molar-refractivity contribution in [1.29, 1.82) is 0 Å². The van der Waals surface area contributed by atoms with Crippen molar-refractivity contribution < 1.29 is 0 Å². The van der Waals surface area contributed by atoms with Crippen LogP contribution in [0.25, 0.3) is 0 Å². The van der Waals surface area contributed by atoms with Crippen molar-refractivity contribution in [2.75, 3.05) is 5.73 Å². The van der Waals surface area contributed by atoms with Crippen LogP contribution in [-0.4, -0.2) is 14.8 Å². The first-order chi connectivity index (χ1) is 7.15. The van der Waals surface area contributed by atoms with Gasteiger partial charge in [-0.3, -0.25) is 4.68 Å². The number of rotatable bonds is 2. The normalized spacial score (nSPS) is 10.5. The molecule has 4 nitrogen and oxygen atoms in total. The molecular formula is C11H14N4. The average Bonchev–Trinajstić information content (AvgIpc) is 2.45. The molecule has 1 aromatic heterocycles. The number of nitrogens with zero attached hydrogens (tertiary/aromatic N) is 3. The van der Waals surface area contributed by atoms with E-state index in [0.29, 0.717) is 0 Å². The van der Waals surface area contributed by atoms with Crippen LogP contribution in [0.4, 0.5) is 5.69 Å². The highest BCUT2D eigenvalue weighted by molar-refractivity contribution is 5.41. The molecule has 1 aromatic carbocycles. The Morgan fingerprint density at radius 1 is 1.40 bits per heavy atom. The van der Waals surface area contributed by atoms with Crippen LogP contribution in [0, 0.1) is 6.92 Å². The highest BCUT2D eigenvalue weighted by atomic mass is 15.3. The van der Waals surface area contributed by atoms with E-state index in [1.807, 2.05) is 38.2 Å². The molecule has 15 heavy (non-hydrogen) atoms. The van der Waals surface area contributed by atoms with Gasteiger partial charge >= 0.3 is 0 Å². The Morgan fingerprint density at radius 3 is 2.80 bits per heavy atom. The Morgan fingerprint density at radius 2 is 2.20 bits per heavy atom. The van der Waals surface area contributed by atoms with Gasteiger partial charge in [-0.15, -0.1) is 0 Å². The van der Waals surface area contributed by atoms with Gasteiger partial charge in [-0.2, -0.15) is 5.10 Å². The lowest BCUT2D eigenvalue weighted by molar-refractivity contribution is 0.724. The molecule has 2 rings (SSSR count). The molecule has 0 aliphatic heterocycles. The average molecular weight is 202 g/mol. The minimum atomic E-state index is 0.729. The summed E-state index contributed by atoms with van der Waals surface area (Å²) in [5.41, 5.74) is 7.62. The van der Waals surface area contributed by atoms with Crippen LogP contribution in [0.2, 0.25) is 0 Å². The van der Waals surface area contributed by atoms with Gasteiger partial charge < -0.3 is 5.73 Å².